The zero-order valence-corrected chi connectivity index (χ0v) is 25.3. The van der Waals surface area contributed by atoms with E-state index in [0.717, 1.165) is 16.0 Å². The van der Waals surface area contributed by atoms with Gasteiger partial charge in [0, 0.05) is 28.1 Å². The number of para-hydroxylation sites is 2. The molecule has 1 aliphatic heterocycles. The summed E-state index contributed by atoms with van der Waals surface area (Å²) >= 11 is 1.31. The minimum Gasteiger partial charge on any atom is -0.496 e. The Morgan fingerprint density at radius 3 is 2.20 bits per heavy atom. The van der Waals surface area contributed by atoms with E-state index in [0.29, 0.717) is 28.3 Å². The normalized spacial score (nSPS) is 14.8. The molecule has 222 valence electrons. The van der Waals surface area contributed by atoms with Crippen molar-refractivity contribution in [3.05, 3.63) is 125 Å². The van der Waals surface area contributed by atoms with Gasteiger partial charge in [0.1, 0.15) is 11.4 Å². The van der Waals surface area contributed by atoms with Gasteiger partial charge in [-0.3, -0.25) is 19.2 Å². The monoisotopic (exact) mass is 605 g/mol. The highest BCUT2D eigenvalue weighted by Gasteiger charge is 2.41. The van der Waals surface area contributed by atoms with Crippen molar-refractivity contribution in [3.8, 4) is 5.75 Å². The topological polar surface area (TPSA) is 105 Å². The number of nitrogens with zero attached hydrogens (tertiary/aromatic N) is 1. The molecule has 1 saturated heterocycles. The van der Waals surface area contributed by atoms with E-state index in [2.05, 4.69) is 10.6 Å². The Hall–Kier alpha value is -5.15. The lowest BCUT2D eigenvalue weighted by molar-refractivity contribution is -0.121. The number of carbonyl (C=O) groups excluding carboxylic acids is 4. The van der Waals surface area contributed by atoms with Crippen LogP contribution in [-0.4, -0.2) is 36.0 Å². The summed E-state index contributed by atoms with van der Waals surface area (Å²) in [5, 5.41) is 5.01. The van der Waals surface area contributed by atoms with Gasteiger partial charge >= 0.3 is 0 Å². The number of amides is 4. The highest BCUT2D eigenvalue weighted by Crippen LogP contribution is 2.36. The molecule has 0 bridgehead atoms. The molecule has 2 N–H and O–H groups in total. The second-order valence-corrected chi connectivity index (χ2v) is 11.5. The molecule has 0 aromatic heterocycles. The van der Waals surface area contributed by atoms with Gasteiger partial charge in [-0.15, -0.1) is 11.8 Å². The molecular formula is C35H31N3O5S. The number of ether oxygens (including phenoxy) is 1. The molecule has 4 aromatic carbocycles. The summed E-state index contributed by atoms with van der Waals surface area (Å²) in [4.78, 5) is 54.6. The number of thioether (sulfide) groups is 1. The minimum absolute atomic E-state index is 0.0310. The van der Waals surface area contributed by atoms with E-state index in [-0.39, 0.29) is 23.9 Å². The fourth-order valence-electron chi connectivity index (χ4n) is 4.95. The first-order valence-electron chi connectivity index (χ1n) is 14.0. The predicted molar refractivity (Wildman–Crippen MR) is 173 cm³/mol. The second kappa shape index (κ2) is 13.4. The molecule has 5 rings (SSSR count). The van der Waals surface area contributed by atoms with Crippen LogP contribution in [0.15, 0.2) is 108 Å². The van der Waals surface area contributed by atoms with Crippen molar-refractivity contribution in [2.75, 3.05) is 17.3 Å². The van der Waals surface area contributed by atoms with Crippen molar-refractivity contribution < 1.29 is 23.9 Å². The third kappa shape index (κ3) is 6.74. The number of hydrogen-bond acceptors (Lipinski definition) is 6. The van der Waals surface area contributed by atoms with Gasteiger partial charge in [0.2, 0.25) is 11.8 Å². The van der Waals surface area contributed by atoms with E-state index in [1.54, 1.807) is 72.8 Å². The van der Waals surface area contributed by atoms with Crippen LogP contribution in [0.3, 0.4) is 0 Å². The molecule has 0 aliphatic carbocycles. The molecule has 1 fully saturated rings. The lowest BCUT2D eigenvalue weighted by Gasteiger charge is -2.19. The second-order valence-electron chi connectivity index (χ2n) is 10.2. The standard InChI is InChI=1S/C35H31N3O5S/c1-22-10-9-11-23(2)32(22)38-31(39)21-30(35(38)42)44-27-18-16-26(17-19-27)36-34(41)28(20-25-14-7-8-15-29(25)43-3)37-33(40)24-12-5-4-6-13-24/h4-20,30H,21H2,1-3H3,(H,36,41)(H,37,40)/b28-20-. The van der Waals surface area contributed by atoms with Gasteiger partial charge in [-0.05, 0) is 73.5 Å². The smallest absolute Gasteiger partial charge is 0.272 e. The maximum absolute atomic E-state index is 13.4. The molecule has 1 heterocycles. The van der Waals surface area contributed by atoms with Crippen molar-refractivity contribution in [1.29, 1.82) is 0 Å². The number of aryl methyl sites for hydroxylation is 2. The van der Waals surface area contributed by atoms with E-state index in [9.17, 15) is 19.2 Å². The largest absolute Gasteiger partial charge is 0.496 e. The summed E-state index contributed by atoms with van der Waals surface area (Å²) in [5.74, 6) is -0.874. The van der Waals surface area contributed by atoms with Crippen molar-refractivity contribution in [3.63, 3.8) is 0 Å². The van der Waals surface area contributed by atoms with E-state index < -0.39 is 17.1 Å². The lowest BCUT2D eigenvalue weighted by Crippen LogP contribution is -2.32. The molecule has 0 radical (unpaired) electrons. The fourth-order valence-corrected chi connectivity index (χ4v) is 6.01. The predicted octanol–water partition coefficient (Wildman–Crippen LogP) is 6.15. The first-order chi connectivity index (χ1) is 21.2. The number of rotatable bonds is 9. The lowest BCUT2D eigenvalue weighted by atomic mass is 10.1. The summed E-state index contributed by atoms with van der Waals surface area (Å²) < 4.78 is 5.42. The van der Waals surface area contributed by atoms with Crippen molar-refractivity contribution >= 4 is 52.8 Å². The van der Waals surface area contributed by atoms with Gasteiger partial charge in [0.05, 0.1) is 18.0 Å². The average molecular weight is 606 g/mol. The van der Waals surface area contributed by atoms with Crippen LogP contribution in [0.1, 0.15) is 33.5 Å². The third-order valence-corrected chi connectivity index (χ3v) is 8.32. The van der Waals surface area contributed by atoms with Crippen molar-refractivity contribution in [2.24, 2.45) is 0 Å². The number of imide groups is 1. The third-order valence-electron chi connectivity index (χ3n) is 7.13. The van der Waals surface area contributed by atoms with E-state index >= 15 is 0 Å². The Kier molecular flexibility index (Phi) is 9.26. The van der Waals surface area contributed by atoms with E-state index in [1.807, 2.05) is 44.2 Å². The SMILES string of the molecule is COc1ccccc1/C=C(\NC(=O)c1ccccc1)C(=O)Nc1ccc(SC2CC(=O)N(c3c(C)cccc3C)C2=O)cc1. The summed E-state index contributed by atoms with van der Waals surface area (Å²) in [7, 11) is 1.53. The molecule has 4 aromatic rings. The Labute approximate surface area is 260 Å². The molecule has 1 unspecified atom stereocenters. The number of nitrogens with one attached hydrogen (secondary N) is 2. The Balaban J connectivity index is 1.31. The number of carbonyl (C=O) groups is 4. The molecule has 0 spiro atoms. The van der Waals surface area contributed by atoms with Gasteiger partial charge in [-0.2, -0.15) is 0 Å². The van der Waals surface area contributed by atoms with Gasteiger partial charge in [-0.25, -0.2) is 4.90 Å². The number of hydrogen-bond donors (Lipinski definition) is 2. The maximum Gasteiger partial charge on any atom is 0.272 e. The van der Waals surface area contributed by atoms with Crippen LogP contribution < -0.4 is 20.3 Å². The van der Waals surface area contributed by atoms with Crippen LogP contribution in [0.5, 0.6) is 5.75 Å². The Bertz CT molecular complexity index is 1730. The molecule has 0 saturated carbocycles. The molecule has 1 aliphatic rings. The quantitative estimate of drug-likeness (QED) is 0.175. The summed E-state index contributed by atoms with van der Waals surface area (Å²) in [6, 6.07) is 28.5. The number of benzene rings is 4. The number of anilines is 2. The number of methoxy groups -OCH3 is 1. The maximum atomic E-state index is 13.4. The van der Waals surface area contributed by atoms with Crippen LogP contribution in [-0.2, 0) is 14.4 Å². The van der Waals surface area contributed by atoms with Gasteiger partial charge in [0.15, 0.2) is 0 Å². The summed E-state index contributed by atoms with van der Waals surface area (Å²) in [5.41, 5.74) is 3.94. The van der Waals surface area contributed by atoms with Gasteiger partial charge in [-0.1, -0.05) is 54.6 Å². The highest BCUT2D eigenvalue weighted by atomic mass is 32.2. The van der Waals surface area contributed by atoms with Crippen LogP contribution in [0.4, 0.5) is 11.4 Å². The zero-order valence-electron chi connectivity index (χ0n) is 24.5. The average Bonchev–Trinajstić information content (AvgIpc) is 3.30. The molecule has 44 heavy (non-hydrogen) atoms. The summed E-state index contributed by atoms with van der Waals surface area (Å²) in [6.07, 6.45) is 1.66. The molecular weight excluding hydrogens is 574 g/mol. The van der Waals surface area contributed by atoms with Crippen LogP contribution in [0.25, 0.3) is 6.08 Å². The zero-order chi connectivity index (χ0) is 31.2. The summed E-state index contributed by atoms with van der Waals surface area (Å²) in [6.45, 7) is 3.78. The molecule has 9 heteroatoms. The molecule has 4 amide bonds. The van der Waals surface area contributed by atoms with Crippen LogP contribution in [0, 0.1) is 13.8 Å². The fraction of sp³-hybridized carbons (Fsp3) is 0.143. The van der Waals surface area contributed by atoms with E-state index in [1.165, 1.54) is 23.8 Å². The highest BCUT2D eigenvalue weighted by molar-refractivity contribution is 8.00. The Morgan fingerprint density at radius 2 is 1.52 bits per heavy atom. The van der Waals surface area contributed by atoms with Gasteiger partial charge < -0.3 is 15.4 Å². The Morgan fingerprint density at radius 1 is 0.864 bits per heavy atom. The molecule has 8 nitrogen and oxygen atoms in total. The van der Waals surface area contributed by atoms with Crippen LogP contribution >= 0.6 is 11.8 Å². The van der Waals surface area contributed by atoms with Gasteiger partial charge in [0.25, 0.3) is 11.8 Å². The minimum atomic E-state index is -0.550. The first-order valence-corrected chi connectivity index (χ1v) is 14.9. The molecule has 1 atom stereocenters. The van der Waals surface area contributed by atoms with Crippen LogP contribution in [0.2, 0.25) is 0 Å². The van der Waals surface area contributed by atoms with Crippen molar-refractivity contribution in [2.45, 2.75) is 30.4 Å². The first kappa shape index (κ1) is 30.3. The van der Waals surface area contributed by atoms with E-state index in [4.69, 9.17) is 4.74 Å². The van der Waals surface area contributed by atoms with Crippen molar-refractivity contribution in [1.82, 2.24) is 5.32 Å².